The molecule has 0 spiro atoms. The third-order valence-electron chi connectivity index (χ3n) is 4.14. The Morgan fingerprint density at radius 1 is 1.06 bits per heavy atom. The molecule has 0 saturated heterocycles. The number of halogens is 2. The van der Waals surface area contributed by atoms with Crippen LogP contribution in [0.3, 0.4) is 0 Å². The van der Waals surface area contributed by atoms with Crippen LogP contribution in [-0.4, -0.2) is 31.1 Å². The number of hydrogen-bond donors (Lipinski definition) is 2. The summed E-state index contributed by atoms with van der Waals surface area (Å²) in [6.07, 6.45) is -1.20. The van der Waals surface area contributed by atoms with E-state index in [9.17, 15) is 14.4 Å². The molecule has 0 fully saturated rings. The van der Waals surface area contributed by atoms with Gasteiger partial charge < -0.3 is 19.9 Å². The maximum absolute atomic E-state index is 12.5. The monoisotopic (exact) mass is 468 g/mol. The number of imide groups is 1. The molecule has 1 atom stereocenters. The van der Waals surface area contributed by atoms with Crippen LogP contribution in [0.15, 0.2) is 36.4 Å². The minimum absolute atomic E-state index is 0.131. The average molecular weight is 469 g/mol. The zero-order valence-corrected chi connectivity index (χ0v) is 18.6. The van der Waals surface area contributed by atoms with Crippen molar-refractivity contribution in [2.75, 3.05) is 7.11 Å². The number of hydrogen-bond acceptors (Lipinski definition) is 6. The van der Waals surface area contributed by atoms with Crippen LogP contribution in [0.2, 0.25) is 10.0 Å². The van der Waals surface area contributed by atoms with Crippen molar-refractivity contribution in [1.29, 1.82) is 0 Å². The number of benzene rings is 2. The molecule has 0 saturated carbocycles. The van der Waals surface area contributed by atoms with Crippen molar-refractivity contribution in [2.24, 2.45) is 11.7 Å². The fourth-order valence-corrected chi connectivity index (χ4v) is 3.04. The molecule has 2 aromatic carbocycles. The number of ether oxygens (including phenoxy) is 3. The third kappa shape index (κ3) is 6.77. The van der Waals surface area contributed by atoms with Gasteiger partial charge in [-0.3, -0.25) is 10.1 Å². The molecule has 0 radical (unpaired) electrons. The van der Waals surface area contributed by atoms with Gasteiger partial charge in [0.05, 0.1) is 12.7 Å². The first-order chi connectivity index (χ1) is 14.6. The molecule has 0 aliphatic heterocycles. The van der Waals surface area contributed by atoms with Crippen LogP contribution in [-0.2, 0) is 16.1 Å². The highest BCUT2D eigenvalue weighted by molar-refractivity contribution is 6.35. The highest BCUT2D eigenvalue weighted by atomic mass is 35.5. The Labute approximate surface area is 189 Å². The Kier molecular flexibility index (Phi) is 8.53. The molecule has 0 bridgehead atoms. The first-order valence-corrected chi connectivity index (χ1v) is 9.94. The zero-order valence-electron chi connectivity index (χ0n) is 17.1. The van der Waals surface area contributed by atoms with Crippen molar-refractivity contribution in [1.82, 2.24) is 5.32 Å². The standard InChI is InChI=1S/C21H22Cl2N2O6/c1-11(2)18(19(26)25-21(24)28)31-20(27)12-5-7-16(17(8-12)29-3)30-10-13-4-6-14(22)9-15(13)23/h4-9,11,18H,10H2,1-3H3,(H3,24,25,26,28). The SMILES string of the molecule is COc1cc(C(=O)OC(C(=O)NC(N)=O)C(C)C)ccc1OCc1ccc(Cl)cc1Cl. The van der Waals surface area contributed by atoms with Gasteiger partial charge in [-0.2, -0.15) is 0 Å². The van der Waals surface area contributed by atoms with Crippen molar-refractivity contribution in [3.8, 4) is 11.5 Å². The van der Waals surface area contributed by atoms with Gasteiger partial charge in [-0.15, -0.1) is 0 Å². The Hall–Kier alpha value is -2.97. The Bertz CT molecular complexity index is 980. The molecule has 0 aromatic heterocycles. The zero-order chi connectivity index (χ0) is 23.1. The highest BCUT2D eigenvalue weighted by Gasteiger charge is 2.28. The molecule has 2 aromatic rings. The fourth-order valence-electron chi connectivity index (χ4n) is 2.58. The maximum Gasteiger partial charge on any atom is 0.339 e. The van der Waals surface area contributed by atoms with Gasteiger partial charge in [-0.25, -0.2) is 9.59 Å². The number of esters is 1. The minimum Gasteiger partial charge on any atom is -0.493 e. The van der Waals surface area contributed by atoms with E-state index in [4.69, 9.17) is 43.1 Å². The second-order valence-corrected chi connectivity index (χ2v) is 7.66. The van der Waals surface area contributed by atoms with Crippen LogP contribution >= 0.6 is 23.2 Å². The first-order valence-electron chi connectivity index (χ1n) is 9.18. The van der Waals surface area contributed by atoms with E-state index in [-0.39, 0.29) is 17.9 Å². The average Bonchev–Trinajstić information content (AvgIpc) is 2.70. The quantitative estimate of drug-likeness (QED) is 0.566. The summed E-state index contributed by atoms with van der Waals surface area (Å²) in [5, 5.41) is 2.88. The molecule has 8 nitrogen and oxygen atoms in total. The number of carbonyl (C=O) groups is 3. The molecule has 2 rings (SSSR count). The van der Waals surface area contributed by atoms with Crippen LogP contribution in [0.5, 0.6) is 11.5 Å². The topological polar surface area (TPSA) is 117 Å². The number of rotatable bonds is 8. The van der Waals surface area contributed by atoms with Crippen LogP contribution < -0.4 is 20.5 Å². The fraction of sp³-hybridized carbons (Fsp3) is 0.286. The Balaban J connectivity index is 2.14. The Morgan fingerprint density at radius 2 is 1.77 bits per heavy atom. The number of urea groups is 1. The normalized spacial score (nSPS) is 11.5. The summed E-state index contributed by atoms with van der Waals surface area (Å²) in [7, 11) is 1.42. The van der Waals surface area contributed by atoms with Crippen molar-refractivity contribution >= 4 is 41.1 Å². The van der Waals surface area contributed by atoms with E-state index in [1.165, 1.54) is 25.3 Å². The summed E-state index contributed by atoms with van der Waals surface area (Å²) in [4.78, 5) is 35.5. The summed E-state index contributed by atoms with van der Waals surface area (Å²) >= 11 is 12.0. The van der Waals surface area contributed by atoms with Crippen molar-refractivity contribution in [3.05, 3.63) is 57.6 Å². The van der Waals surface area contributed by atoms with Crippen molar-refractivity contribution in [3.63, 3.8) is 0 Å². The molecular weight excluding hydrogens is 447 g/mol. The van der Waals surface area contributed by atoms with E-state index < -0.39 is 29.9 Å². The molecule has 10 heteroatoms. The van der Waals surface area contributed by atoms with E-state index >= 15 is 0 Å². The van der Waals surface area contributed by atoms with Gasteiger partial charge in [0.15, 0.2) is 17.6 Å². The van der Waals surface area contributed by atoms with Gasteiger partial charge in [0, 0.05) is 15.6 Å². The summed E-state index contributed by atoms with van der Waals surface area (Å²) in [6.45, 7) is 3.48. The molecule has 0 aliphatic carbocycles. The number of amides is 3. The minimum atomic E-state index is -1.20. The van der Waals surface area contributed by atoms with E-state index in [1.807, 2.05) is 5.32 Å². The van der Waals surface area contributed by atoms with Gasteiger partial charge in [-0.1, -0.05) is 43.1 Å². The van der Waals surface area contributed by atoms with Crippen molar-refractivity contribution in [2.45, 2.75) is 26.6 Å². The van der Waals surface area contributed by atoms with Crippen LogP contribution in [0.1, 0.15) is 29.8 Å². The van der Waals surface area contributed by atoms with Gasteiger partial charge in [0.1, 0.15) is 6.61 Å². The molecule has 0 aliphatic rings. The molecule has 31 heavy (non-hydrogen) atoms. The molecule has 3 amide bonds. The van der Waals surface area contributed by atoms with Gasteiger partial charge in [-0.05, 0) is 36.2 Å². The van der Waals surface area contributed by atoms with E-state index in [2.05, 4.69) is 0 Å². The maximum atomic E-state index is 12.5. The number of primary amides is 1. The number of methoxy groups -OCH3 is 1. The van der Waals surface area contributed by atoms with Crippen LogP contribution in [0, 0.1) is 5.92 Å². The van der Waals surface area contributed by atoms with Gasteiger partial charge in [0.25, 0.3) is 5.91 Å². The lowest BCUT2D eigenvalue weighted by Crippen LogP contribution is -2.45. The third-order valence-corrected chi connectivity index (χ3v) is 4.73. The predicted molar refractivity (Wildman–Crippen MR) is 116 cm³/mol. The number of nitrogens with two attached hydrogens (primary N) is 1. The first kappa shape index (κ1) is 24.3. The summed E-state index contributed by atoms with van der Waals surface area (Å²) in [5.41, 5.74) is 5.81. The Morgan fingerprint density at radius 3 is 2.35 bits per heavy atom. The van der Waals surface area contributed by atoms with E-state index in [1.54, 1.807) is 32.0 Å². The lowest BCUT2D eigenvalue weighted by atomic mass is 10.1. The van der Waals surface area contributed by atoms with Crippen molar-refractivity contribution < 1.29 is 28.6 Å². The summed E-state index contributed by atoms with van der Waals surface area (Å²) < 4.78 is 16.3. The van der Waals surface area contributed by atoms with E-state index in [0.29, 0.717) is 15.8 Å². The van der Waals surface area contributed by atoms with Gasteiger partial charge >= 0.3 is 12.0 Å². The highest BCUT2D eigenvalue weighted by Crippen LogP contribution is 2.30. The summed E-state index contributed by atoms with van der Waals surface area (Å²) in [6, 6.07) is 8.44. The molecule has 3 N–H and O–H groups in total. The molecule has 1 unspecified atom stereocenters. The van der Waals surface area contributed by atoms with Crippen LogP contribution in [0.25, 0.3) is 0 Å². The largest absolute Gasteiger partial charge is 0.493 e. The van der Waals surface area contributed by atoms with Crippen LogP contribution in [0.4, 0.5) is 4.79 Å². The predicted octanol–water partition coefficient (Wildman–Crippen LogP) is 3.96. The molecule has 166 valence electrons. The lowest BCUT2D eigenvalue weighted by molar-refractivity contribution is -0.130. The second kappa shape index (κ2) is 10.9. The molecular formula is C21H22Cl2N2O6. The number of carbonyl (C=O) groups excluding carboxylic acids is 3. The van der Waals surface area contributed by atoms with Gasteiger partial charge in [0.2, 0.25) is 0 Å². The second-order valence-electron chi connectivity index (χ2n) is 6.81. The number of nitrogens with one attached hydrogen (secondary N) is 1. The molecule has 0 heterocycles. The summed E-state index contributed by atoms with van der Waals surface area (Å²) in [5.74, 6) is -1.32. The smallest absolute Gasteiger partial charge is 0.339 e. The van der Waals surface area contributed by atoms with E-state index in [0.717, 1.165) is 5.56 Å². The lowest BCUT2D eigenvalue weighted by Gasteiger charge is -2.20.